The van der Waals surface area contributed by atoms with Gasteiger partial charge in [0.25, 0.3) is 5.91 Å². The van der Waals surface area contributed by atoms with E-state index >= 15 is 0 Å². The van der Waals surface area contributed by atoms with Crippen molar-refractivity contribution in [1.82, 2.24) is 5.32 Å². The average Bonchev–Trinajstić information content (AvgIpc) is 2.44. The first-order valence-electron chi connectivity index (χ1n) is 6.11. The van der Waals surface area contributed by atoms with Gasteiger partial charge in [-0.05, 0) is 6.07 Å². The Hall–Kier alpha value is -2.63. The van der Waals surface area contributed by atoms with Gasteiger partial charge in [-0.2, -0.15) is 0 Å². The lowest BCUT2D eigenvalue weighted by atomic mass is 10.1. The summed E-state index contributed by atoms with van der Waals surface area (Å²) in [6, 6.07) is 8.21. The Morgan fingerprint density at radius 3 is 2.67 bits per heavy atom. The normalized spacial score (nSPS) is 10.2. The third-order valence-corrected chi connectivity index (χ3v) is 2.89. The zero-order chi connectivity index (χ0) is 15.4. The molecule has 2 rings (SSSR count). The predicted molar refractivity (Wildman–Crippen MR) is 72.2 cm³/mol. The van der Waals surface area contributed by atoms with Crippen molar-refractivity contribution in [1.29, 1.82) is 0 Å². The van der Waals surface area contributed by atoms with Crippen molar-refractivity contribution >= 4 is 5.91 Å². The van der Waals surface area contributed by atoms with Gasteiger partial charge in [0.2, 0.25) is 0 Å². The number of para-hydroxylation sites is 1. The molecule has 0 heterocycles. The van der Waals surface area contributed by atoms with E-state index in [0.29, 0.717) is 23.4 Å². The number of phenolic OH excluding ortho intramolecular Hbond substituents is 1. The average molecular weight is 293 g/mol. The van der Waals surface area contributed by atoms with Gasteiger partial charge >= 0.3 is 0 Å². The van der Waals surface area contributed by atoms with E-state index in [1.54, 1.807) is 24.3 Å². The molecule has 0 atom stereocenters. The molecule has 0 bridgehead atoms. The molecule has 0 aliphatic rings. The minimum absolute atomic E-state index is 0.0824. The van der Waals surface area contributed by atoms with Crippen molar-refractivity contribution in [3.63, 3.8) is 0 Å². The number of hydrogen-bond acceptors (Lipinski definition) is 3. The standard InChI is InChI=1S/C15H13F2NO3/c1-21-13-5-3-2-4-9(13)8-18-15(20)14-11(17)6-10(16)7-12(14)19/h2-7,19H,8H2,1H3,(H,18,20). The molecule has 21 heavy (non-hydrogen) atoms. The van der Waals surface area contributed by atoms with Crippen LogP contribution in [0.25, 0.3) is 0 Å². The number of halogens is 2. The van der Waals surface area contributed by atoms with Gasteiger partial charge in [0.15, 0.2) is 0 Å². The minimum atomic E-state index is -1.12. The van der Waals surface area contributed by atoms with Crippen LogP contribution in [-0.4, -0.2) is 18.1 Å². The van der Waals surface area contributed by atoms with E-state index in [2.05, 4.69) is 5.32 Å². The van der Waals surface area contributed by atoms with Crippen LogP contribution in [0.5, 0.6) is 11.5 Å². The van der Waals surface area contributed by atoms with Gasteiger partial charge in [0.1, 0.15) is 28.7 Å². The van der Waals surface area contributed by atoms with Crippen LogP contribution in [0.3, 0.4) is 0 Å². The number of aromatic hydroxyl groups is 1. The van der Waals surface area contributed by atoms with E-state index in [1.165, 1.54) is 7.11 Å². The summed E-state index contributed by atoms with van der Waals surface area (Å²) in [6.07, 6.45) is 0. The van der Waals surface area contributed by atoms with Crippen molar-refractivity contribution in [2.24, 2.45) is 0 Å². The van der Waals surface area contributed by atoms with Crippen LogP contribution in [0, 0.1) is 11.6 Å². The highest BCUT2D eigenvalue weighted by Gasteiger charge is 2.18. The van der Waals surface area contributed by atoms with E-state index in [0.717, 1.165) is 0 Å². The Morgan fingerprint density at radius 2 is 2.00 bits per heavy atom. The molecule has 0 fully saturated rings. The molecule has 0 spiro atoms. The lowest BCUT2D eigenvalue weighted by Gasteiger charge is -2.10. The number of hydrogen-bond donors (Lipinski definition) is 2. The number of nitrogens with one attached hydrogen (secondary N) is 1. The molecule has 110 valence electrons. The molecule has 6 heteroatoms. The van der Waals surface area contributed by atoms with Gasteiger partial charge in [0, 0.05) is 24.2 Å². The maximum absolute atomic E-state index is 13.5. The van der Waals surface area contributed by atoms with E-state index < -0.39 is 28.9 Å². The summed E-state index contributed by atoms with van der Waals surface area (Å²) in [5.41, 5.74) is 0.0988. The van der Waals surface area contributed by atoms with Gasteiger partial charge < -0.3 is 15.2 Å². The van der Waals surface area contributed by atoms with Crippen LogP contribution in [0.15, 0.2) is 36.4 Å². The van der Waals surface area contributed by atoms with Gasteiger partial charge in [-0.1, -0.05) is 18.2 Å². The van der Waals surface area contributed by atoms with Crippen LogP contribution >= 0.6 is 0 Å². The second-order valence-electron chi connectivity index (χ2n) is 4.28. The fourth-order valence-electron chi connectivity index (χ4n) is 1.90. The predicted octanol–water partition coefficient (Wildman–Crippen LogP) is 2.61. The number of amides is 1. The molecule has 4 nitrogen and oxygen atoms in total. The number of phenols is 1. The van der Waals surface area contributed by atoms with Crippen molar-refractivity contribution in [2.75, 3.05) is 7.11 Å². The van der Waals surface area contributed by atoms with Crippen molar-refractivity contribution in [3.05, 3.63) is 59.2 Å². The fraction of sp³-hybridized carbons (Fsp3) is 0.133. The molecule has 0 unspecified atom stereocenters. The number of carbonyl (C=O) groups excluding carboxylic acids is 1. The van der Waals surface area contributed by atoms with Gasteiger partial charge in [0.05, 0.1) is 7.11 Å². The Kier molecular flexibility index (Phi) is 4.37. The topological polar surface area (TPSA) is 58.6 Å². The molecule has 2 aromatic carbocycles. The zero-order valence-electron chi connectivity index (χ0n) is 11.2. The maximum atomic E-state index is 13.5. The van der Waals surface area contributed by atoms with Crippen LogP contribution in [-0.2, 0) is 6.54 Å². The second-order valence-corrected chi connectivity index (χ2v) is 4.28. The number of benzene rings is 2. The van der Waals surface area contributed by atoms with Gasteiger partial charge in [-0.15, -0.1) is 0 Å². The second kappa shape index (κ2) is 6.21. The Balaban J connectivity index is 2.16. The fourth-order valence-corrected chi connectivity index (χ4v) is 1.90. The lowest BCUT2D eigenvalue weighted by molar-refractivity contribution is 0.0943. The first-order chi connectivity index (χ1) is 10.0. The molecule has 2 N–H and O–H groups in total. The Labute approximate surface area is 120 Å². The van der Waals surface area contributed by atoms with E-state index in [1.807, 2.05) is 0 Å². The van der Waals surface area contributed by atoms with E-state index in [9.17, 15) is 18.7 Å². The molecule has 1 amide bonds. The highest BCUT2D eigenvalue weighted by atomic mass is 19.1. The monoisotopic (exact) mass is 293 g/mol. The van der Waals surface area contributed by atoms with Gasteiger partial charge in [-0.25, -0.2) is 8.78 Å². The van der Waals surface area contributed by atoms with E-state index in [-0.39, 0.29) is 6.54 Å². The van der Waals surface area contributed by atoms with Gasteiger partial charge in [-0.3, -0.25) is 4.79 Å². The first kappa shape index (κ1) is 14.8. The van der Waals surface area contributed by atoms with Crippen LogP contribution in [0.2, 0.25) is 0 Å². The maximum Gasteiger partial charge on any atom is 0.258 e. The molecule has 0 saturated heterocycles. The van der Waals surface area contributed by atoms with Crippen molar-refractivity contribution in [3.8, 4) is 11.5 Å². The quantitative estimate of drug-likeness (QED) is 0.911. The highest BCUT2D eigenvalue weighted by Crippen LogP contribution is 2.22. The molecule has 0 saturated carbocycles. The molecule has 0 aliphatic heterocycles. The summed E-state index contributed by atoms with van der Waals surface area (Å²) in [7, 11) is 1.49. The number of ether oxygens (including phenoxy) is 1. The van der Waals surface area contributed by atoms with E-state index in [4.69, 9.17) is 4.74 Å². The molecule has 0 radical (unpaired) electrons. The number of rotatable bonds is 4. The summed E-state index contributed by atoms with van der Waals surface area (Å²) in [5.74, 6) is -3.08. The Bertz CT molecular complexity index is 651. The molecular formula is C15H13F2NO3. The van der Waals surface area contributed by atoms with Crippen LogP contribution in [0.4, 0.5) is 8.78 Å². The summed E-state index contributed by atoms with van der Waals surface area (Å²) >= 11 is 0. The number of carbonyl (C=O) groups is 1. The Morgan fingerprint density at radius 1 is 1.29 bits per heavy atom. The molecule has 0 aliphatic carbocycles. The largest absolute Gasteiger partial charge is 0.507 e. The van der Waals surface area contributed by atoms with Crippen LogP contribution in [0.1, 0.15) is 15.9 Å². The molecule has 2 aromatic rings. The van der Waals surface area contributed by atoms with Crippen molar-refractivity contribution in [2.45, 2.75) is 6.54 Å². The smallest absolute Gasteiger partial charge is 0.258 e. The van der Waals surface area contributed by atoms with Crippen LogP contribution < -0.4 is 10.1 Å². The SMILES string of the molecule is COc1ccccc1CNC(=O)c1c(O)cc(F)cc1F. The summed E-state index contributed by atoms with van der Waals surface area (Å²) in [5, 5.41) is 11.9. The lowest BCUT2D eigenvalue weighted by Crippen LogP contribution is -2.24. The van der Waals surface area contributed by atoms with Crippen molar-refractivity contribution < 1.29 is 23.4 Å². The summed E-state index contributed by atoms with van der Waals surface area (Å²) < 4.78 is 31.5. The summed E-state index contributed by atoms with van der Waals surface area (Å²) in [4.78, 5) is 11.9. The molecule has 0 aromatic heterocycles. The first-order valence-corrected chi connectivity index (χ1v) is 6.11. The third kappa shape index (κ3) is 3.28. The third-order valence-electron chi connectivity index (χ3n) is 2.89. The minimum Gasteiger partial charge on any atom is -0.507 e. The highest BCUT2D eigenvalue weighted by molar-refractivity contribution is 5.97. The molecular weight excluding hydrogens is 280 g/mol. The zero-order valence-corrected chi connectivity index (χ0v) is 11.2. The summed E-state index contributed by atoms with van der Waals surface area (Å²) in [6.45, 7) is 0.0824. The number of methoxy groups -OCH3 is 1.